The molecule has 0 saturated heterocycles. The summed E-state index contributed by atoms with van der Waals surface area (Å²) in [6.07, 6.45) is 2.86. The molecule has 0 radical (unpaired) electrons. The summed E-state index contributed by atoms with van der Waals surface area (Å²) in [5.74, 6) is 0. The molecule has 0 aliphatic carbocycles. The van der Waals surface area contributed by atoms with Crippen LogP contribution in [-0.2, 0) is 6.42 Å². The highest BCUT2D eigenvalue weighted by Gasteiger charge is 2.04. The zero-order chi connectivity index (χ0) is 12.1. The number of halogens is 1. The van der Waals surface area contributed by atoms with Gasteiger partial charge in [0.25, 0.3) is 0 Å². The summed E-state index contributed by atoms with van der Waals surface area (Å²) in [5, 5.41) is 6.72. The van der Waals surface area contributed by atoms with Crippen LogP contribution in [0.15, 0.2) is 40.3 Å². The first-order valence-electron chi connectivity index (χ1n) is 5.63. The average Bonchev–Trinajstić information content (AvgIpc) is 2.83. The van der Waals surface area contributed by atoms with E-state index in [1.807, 2.05) is 11.6 Å². The molecule has 2 aromatic rings. The van der Waals surface area contributed by atoms with Crippen LogP contribution in [-0.4, -0.2) is 11.5 Å². The molecule has 0 aliphatic heterocycles. The Hall–Kier alpha value is -0.710. The number of aromatic nitrogens is 1. The van der Waals surface area contributed by atoms with Crippen molar-refractivity contribution in [1.29, 1.82) is 0 Å². The van der Waals surface area contributed by atoms with Crippen molar-refractivity contribution in [2.24, 2.45) is 0 Å². The maximum Gasteiger partial charge on any atom is 0.0937 e. The molecule has 4 heteroatoms. The third-order valence-electron chi connectivity index (χ3n) is 2.64. The standard InChI is InChI=1S/C13H15BrN2S/c1-10(11-2-4-12(14)5-3-11)15-7-6-13-16-8-9-17-13/h2-5,8-10,15H,6-7H2,1H3. The summed E-state index contributed by atoms with van der Waals surface area (Å²) < 4.78 is 1.12. The van der Waals surface area contributed by atoms with Gasteiger partial charge in [-0.1, -0.05) is 28.1 Å². The van der Waals surface area contributed by atoms with Crippen molar-refractivity contribution in [2.45, 2.75) is 19.4 Å². The van der Waals surface area contributed by atoms with Crippen LogP contribution in [0.2, 0.25) is 0 Å². The first kappa shape index (κ1) is 12.7. The predicted octanol–water partition coefficient (Wildman–Crippen LogP) is 3.80. The fraction of sp³-hybridized carbons (Fsp3) is 0.308. The van der Waals surface area contributed by atoms with Gasteiger partial charge in [-0.3, -0.25) is 0 Å². The maximum atomic E-state index is 4.27. The number of thiazole rings is 1. The van der Waals surface area contributed by atoms with Crippen molar-refractivity contribution in [3.8, 4) is 0 Å². The van der Waals surface area contributed by atoms with Crippen LogP contribution in [0.4, 0.5) is 0 Å². The van der Waals surface area contributed by atoms with Crippen LogP contribution < -0.4 is 5.32 Å². The Morgan fingerprint density at radius 1 is 1.35 bits per heavy atom. The topological polar surface area (TPSA) is 24.9 Å². The van der Waals surface area contributed by atoms with Gasteiger partial charge in [-0.15, -0.1) is 11.3 Å². The van der Waals surface area contributed by atoms with E-state index in [1.54, 1.807) is 11.3 Å². The molecule has 1 N–H and O–H groups in total. The third kappa shape index (κ3) is 3.91. The highest BCUT2D eigenvalue weighted by atomic mass is 79.9. The van der Waals surface area contributed by atoms with E-state index in [0.717, 1.165) is 17.4 Å². The van der Waals surface area contributed by atoms with Gasteiger partial charge in [0.1, 0.15) is 0 Å². The van der Waals surface area contributed by atoms with E-state index in [9.17, 15) is 0 Å². The lowest BCUT2D eigenvalue weighted by atomic mass is 10.1. The second kappa shape index (κ2) is 6.28. The minimum absolute atomic E-state index is 0.378. The zero-order valence-electron chi connectivity index (χ0n) is 9.69. The first-order valence-corrected chi connectivity index (χ1v) is 7.30. The van der Waals surface area contributed by atoms with Gasteiger partial charge in [-0.25, -0.2) is 4.98 Å². The largest absolute Gasteiger partial charge is 0.310 e. The minimum atomic E-state index is 0.378. The van der Waals surface area contributed by atoms with Crippen LogP contribution in [0.3, 0.4) is 0 Å². The fourth-order valence-electron chi connectivity index (χ4n) is 1.64. The Bertz CT molecular complexity index is 439. The third-order valence-corrected chi connectivity index (χ3v) is 4.01. The summed E-state index contributed by atoms with van der Waals surface area (Å²) in [7, 11) is 0. The lowest BCUT2D eigenvalue weighted by Gasteiger charge is -2.13. The molecule has 0 spiro atoms. The number of hydrogen-bond donors (Lipinski definition) is 1. The lowest BCUT2D eigenvalue weighted by molar-refractivity contribution is 0.576. The van der Waals surface area contributed by atoms with E-state index >= 15 is 0 Å². The second-order valence-corrected chi connectivity index (χ2v) is 5.80. The Balaban J connectivity index is 1.81. The number of hydrogen-bond acceptors (Lipinski definition) is 3. The number of nitrogens with zero attached hydrogens (tertiary/aromatic N) is 1. The normalized spacial score (nSPS) is 12.6. The predicted molar refractivity (Wildman–Crippen MR) is 76.4 cm³/mol. The number of benzene rings is 1. The Labute approximate surface area is 114 Å². The molecule has 0 saturated carbocycles. The highest BCUT2D eigenvalue weighted by Crippen LogP contribution is 2.16. The molecule has 17 heavy (non-hydrogen) atoms. The first-order chi connectivity index (χ1) is 8.25. The molecule has 0 bridgehead atoms. The molecule has 1 unspecified atom stereocenters. The molecule has 90 valence electrons. The van der Waals surface area contributed by atoms with Crippen LogP contribution in [0.5, 0.6) is 0 Å². The van der Waals surface area contributed by atoms with Crippen molar-refractivity contribution in [1.82, 2.24) is 10.3 Å². The summed E-state index contributed by atoms with van der Waals surface area (Å²) in [6.45, 7) is 3.15. The second-order valence-electron chi connectivity index (χ2n) is 3.90. The quantitative estimate of drug-likeness (QED) is 0.908. The van der Waals surface area contributed by atoms with Crippen molar-refractivity contribution < 1.29 is 0 Å². The Kier molecular flexibility index (Phi) is 4.71. The maximum absolute atomic E-state index is 4.27. The van der Waals surface area contributed by atoms with Crippen molar-refractivity contribution in [3.63, 3.8) is 0 Å². The molecule has 1 aromatic heterocycles. The van der Waals surface area contributed by atoms with Gasteiger partial charge in [0.05, 0.1) is 5.01 Å². The van der Waals surface area contributed by atoms with Crippen LogP contribution in [0, 0.1) is 0 Å². The van der Waals surface area contributed by atoms with Crippen LogP contribution in [0.1, 0.15) is 23.5 Å². The Morgan fingerprint density at radius 3 is 2.76 bits per heavy atom. The van der Waals surface area contributed by atoms with Crippen molar-refractivity contribution >= 4 is 27.3 Å². The van der Waals surface area contributed by atoms with Gasteiger partial charge in [0.2, 0.25) is 0 Å². The molecule has 1 aromatic carbocycles. The SMILES string of the molecule is CC(NCCc1nccs1)c1ccc(Br)cc1. The number of rotatable bonds is 5. The molecular formula is C13H15BrN2S. The molecule has 2 nitrogen and oxygen atoms in total. The molecule has 1 heterocycles. The van der Waals surface area contributed by atoms with Gasteiger partial charge < -0.3 is 5.32 Å². The van der Waals surface area contributed by atoms with E-state index < -0.39 is 0 Å². The number of nitrogens with one attached hydrogen (secondary N) is 1. The monoisotopic (exact) mass is 310 g/mol. The summed E-state index contributed by atoms with van der Waals surface area (Å²) in [6, 6.07) is 8.82. The Morgan fingerprint density at radius 2 is 2.12 bits per heavy atom. The van der Waals surface area contributed by atoms with Crippen molar-refractivity contribution in [3.05, 3.63) is 50.9 Å². The molecule has 2 rings (SSSR count). The van der Waals surface area contributed by atoms with Crippen LogP contribution in [0.25, 0.3) is 0 Å². The summed E-state index contributed by atoms with van der Waals surface area (Å²) in [5.41, 5.74) is 1.31. The molecule has 0 amide bonds. The highest BCUT2D eigenvalue weighted by molar-refractivity contribution is 9.10. The molecule has 0 aliphatic rings. The molecular weight excluding hydrogens is 296 g/mol. The van der Waals surface area contributed by atoms with E-state index in [0.29, 0.717) is 6.04 Å². The van der Waals surface area contributed by atoms with Crippen LogP contribution >= 0.6 is 27.3 Å². The summed E-state index contributed by atoms with van der Waals surface area (Å²) in [4.78, 5) is 4.27. The zero-order valence-corrected chi connectivity index (χ0v) is 12.1. The smallest absolute Gasteiger partial charge is 0.0937 e. The average molecular weight is 311 g/mol. The van der Waals surface area contributed by atoms with Gasteiger partial charge in [-0.2, -0.15) is 0 Å². The van der Waals surface area contributed by atoms with Gasteiger partial charge in [0, 0.05) is 35.1 Å². The van der Waals surface area contributed by atoms with Gasteiger partial charge in [0.15, 0.2) is 0 Å². The summed E-state index contributed by atoms with van der Waals surface area (Å²) >= 11 is 5.16. The lowest BCUT2D eigenvalue weighted by Crippen LogP contribution is -2.21. The minimum Gasteiger partial charge on any atom is -0.310 e. The van der Waals surface area contributed by atoms with E-state index in [1.165, 1.54) is 10.6 Å². The van der Waals surface area contributed by atoms with Crippen molar-refractivity contribution in [2.75, 3.05) is 6.54 Å². The molecule has 0 fully saturated rings. The van der Waals surface area contributed by atoms with E-state index in [-0.39, 0.29) is 0 Å². The van der Waals surface area contributed by atoms with E-state index in [2.05, 4.69) is 57.4 Å². The van der Waals surface area contributed by atoms with Gasteiger partial charge >= 0.3 is 0 Å². The van der Waals surface area contributed by atoms with E-state index in [4.69, 9.17) is 0 Å². The fourth-order valence-corrected chi connectivity index (χ4v) is 2.53. The molecule has 1 atom stereocenters. The van der Waals surface area contributed by atoms with Gasteiger partial charge in [-0.05, 0) is 24.6 Å².